The maximum Gasteiger partial charge on any atom is 0.490 e. The molecule has 0 bridgehead atoms. The van der Waals surface area contributed by atoms with E-state index in [-0.39, 0.29) is 17.2 Å². The highest BCUT2D eigenvalue weighted by Gasteiger charge is 2.38. The molecule has 0 saturated carbocycles. The lowest BCUT2D eigenvalue weighted by Crippen LogP contribution is -2.31. The van der Waals surface area contributed by atoms with E-state index in [1.807, 2.05) is 25.1 Å². The highest BCUT2D eigenvalue weighted by Crippen LogP contribution is 2.26. The molecule has 3 N–H and O–H groups in total. The quantitative estimate of drug-likeness (QED) is 0.433. The van der Waals surface area contributed by atoms with Gasteiger partial charge in [-0.1, -0.05) is 18.2 Å². The molecule has 1 saturated heterocycles. The number of rotatable bonds is 5. The van der Waals surface area contributed by atoms with Crippen LogP contribution in [-0.2, 0) is 4.79 Å². The number of carboxylic acid groups (broad SMARTS) is 2. The van der Waals surface area contributed by atoms with Crippen molar-refractivity contribution in [3.63, 3.8) is 0 Å². The van der Waals surface area contributed by atoms with E-state index in [9.17, 15) is 27.9 Å². The van der Waals surface area contributed by atoms with E-state index in [1.165, 1.54) is 0 Å². The van der Waals surface area contributed by atoms with Gasteiger partial charge >= 0.3 is 18.1 Å². The highest BCUT2D eigenvalue weighted by atomic mass is 19.4. The molecule has 39 heavy (non-hydrogen) atoms. The van der Waals surface area contributed by atoms with E-state index in [2.05, 4.69) is 25.1 Å². The second-order valence-corrected chi connectivity index (χ2v) is 8.48. The average molecular weight is 546 g/mol. The Labute approximate surface area is 221 Å². The average Bonchev–Trinajstić information content (AvgIpc) is 3.16. The van der Waals surface area contributed by atoms with Crippen LogP contribution >= 0.6 is 0 Å². The number of nitrogens with one attached hydrogen (secondary N) is 1. The number of benzene rings is 2. The molecule has 1 amide bonds. The lowest BCUT2D eigenvalue weighted by molar-refractivity contribution is -0.192. The van der Waals surface area contributed by atoms with E-state index in [0.717, 1.165) is 37.3 Å². The van der Waals surface area contributed by atoms with Crippen molar-refractivity contribution in [3.8, 4) is 0 Å². The predicted octanol–water partition coefficient (Wildman–Crippen LogP) is 4.09. The largest absolute Gasteiger partial charge is 0.490 e. The summed E-state index contributed by atoms with van der Waals surface area (Å²) in [7, 11) is 0. The number of aryl methyl sites for hydroxylation is 1. The number of alkyl halides is 3. The number of carbonyl (C=O) groups excluding carboxylic acids is 1. The molecule has 1 aliphatic heterocycles. The lowest BCUT2D eigenvalue weighted by atomic mass is 10.1. The maximum atomic E-state index is 12.7. The summed E-state index contributed by atoms with van der Waals surface area (Å²) in [6.45, 7) is 4.91. The number of carbonyl (C=O) groups is 3. The van der Waals surface area contributed by atoms with Gasteiger partial charge < -0.3 is 25.3 Å². The van der Waals surface area contributed by atoms with Gasteiger partial charge in [-0.2, -0.15) is 13.2 Å². The molecule has 2 aromatic carbocycles. The van der Waals surface area contributed by atoms with Crippen molar-refractivity contribution in [2.24, 2.45) is 0 Å². The third-order valence-corrected chi connectivity index (χ3v) is 5.81. The fraction of sp³-hybridized carbons (Fsp3) is 0.269. The number of amides is 1. The molecule has 3 aromatic rings. The topological polar surface area (TPSA) is 136 Å². The van der Waals surface area contributed by atoms with E-state index in [4.69, 9.17) is 9.90 Å². The summed E-state index contributed by atoms with van der Waals surface area (Å²) in [4.78, 5) is 46.5. The van der Waals surface area contributed by atoms with Crippen LogP contribution in [0, 0.1) is 6.92 Å². The minimum absolute atomic E-state index is 0.0666. The summed E-state index contributed by atoms with van der Waals surface area (Å²) in [6, 6.07) is 14.2. The van der Waals surface area contributed by atoms with E-state index >= 15 is 0 Å². The molecule has 0 atom stereocenters. The van der Waals surface area contributed by atoms with E-state index in [0.29, 0.717) is 18.1 Å². The second kappa shape index (κ2) is 12.7. The first-order chi connectivity index (χ1) is 18.5. The van der Waals surface area contributed by atoms with Crippen molar-refractivity contribution < 1.29 is 37.8 Å². The Kier molecular flexibility index (Phi) is 9.42. The molecular weight excluding hydrogens is 519 g/mol. The minimum Gasteiger partial charge on any atom is -0.478 e. The number of hydrogen-bond acceptors (Lipinski definition) is 7. The maximum absolute atomic E-state index is 12.7. The first kappa shape index (κ1) is 28.9. The molecule has 0 radical (unpaired) electrons. The highest BCUT2D eigenvalue weighted by molar-refractivity contribution is 6.08. The molecule has 0 aliphatic carbocycles. The lowest BCUT2D eigenvalue weighted by Gasteiger charge is -2.24. The Bertz CT molecular complexity index is 1320. The van der Waals surface area contributed by atoms with Crippen LogP contribution in [-0.4, -0.2) is 70.4 Å². The standard InChI is InChI=1S/C24H25N5O3.C2HF3O2/c1-17-6-2-3-7-19(17)22(30)27-21-9-8-18(16-20(21)23(31)32)28-12-5-13-29(15-14-28)24-25-10-4-11-26-24;3-2(4,5)1(6)7/h2-4,6-11,16H,5,12-15H2,1H3,(H,27,30)(H,31,32);(H,6,7). The summed E-state index contributed by atoms with van der Waals surface area (Å²) >= 11 is 0. The number of nitrogens with zero attached hydrogens (tertiary/aromatic N) is 4. The number of carboxylic acids is 2. The van der Waals surface area contributed by atoms with Crippen LogP contribution in [0.15, 0.2) is 60.9 Å². The third kappa shape index (κ3) is 7.90. The van der Waals surface area contributed by atoms with Crippen molar-refractivity contribution in [1.29, 1.82) is 0 Å². The van der Waals surface area contributed by atoms with Gasteiger partial charge in [0.25, 0.3) is 5.91 Å². The molecule has 1 aromatic heterocycles. The molecule has 206 valence electrons. The molecule has 13 heteroatoms. The summed E-state index contributed by atoms with van der Waals surface area (Å²) in [5.41, 5.74) is 2.51. The molecule has 1 fully saturated rings. The van der Waals surface area contributed by atoms with Crippen LogP contribution in [0.5, 0.6) is 0 Å². The van der Waals surface area contributed by atoms with Crippen molar-refractivity contribution in [1.82, 2.24) is 9.97 Å². The molecule has 0 spiro atoms. The van der Waals surface area contributed by atoms with Gasteiger partial charge in [-0.05, 0) is 49.2 Å². The Morgan fingerprint density at radius 1 is 0.872 bits per heavy atom. The Morgan fingerprint density at radius 2 is 1.49 bits per heavy atom. The minimum atomic E-state index is -5.08. The van der Waals surface area contributed by atoms with Crippen LogP contribution in [0.1, 0.15) is 32.7 Å². The zero-order valence-electron chi connectivity index (χ0n) is 20.9. The number of aromatic carboxylic acids is 1. The van der Waals surface area contributed by atoms with Gasteiger partial charge in [-0.3, -0.25) is 4.79 Å². The zero-order valence-corrected chi connectivity index (χ0v) is 20.9. The number of aromatic nitrogens is 2. The van der Waals surface area contributed by atoms with Gasteiger partial charge in [0.05, 0.1) is 11.3 Å². The van der Waals surface area contributed by atoms with E-state index in [1.54, 1.807) is 42.7 Å². The van der Waals surface area contributed by atoms with Crippen LogP contribution in [0.2, 0.25) is 0 Å². The predicted molar refractivity (Wildman–Crippen MR) is 137 cm³/mol. The van der Waals surface area contributed by atoms with Crippen molar-refractivity contribution in [3.05, 3.63) is 77.6 Å². The molecule has 10 nitrogen and oxygen atoms in total. The van der Waals surface area contributed by atoms with Crippen LogP contribution in [0.25, 0.3) is 0 Å². The molecular formula is C26H26F3N5O5. The van der Waals surface area contributed by atoms with Crippen LogP contribution < -0.4 is 15.1 Å². The van der Waals surface area contributed by atoms with Gasteiger partial charge in [0.15, 0.2) is 0 Å². The number of anilines is 3. The number of halogens is 3. The van der Waals surface area contributed by atoms with Crippen molar-refractivity contribution in [2.45, 2.75) is 19.5 Å². The third-order valence-electron chi connectivity index (χ3n) is 5.81. The van der Waals surface area contributed by atoms with Gasteiger partial charge in [0, 0.05) is 49.8 Å². The summed E-state index contributed by atoms with van der Waals surface area (Å²) in [5.74, 6) is -3.46. The first-order valence-electron chi connectivity index (χ1n) is 11.8. The van der Waals surface area contributed by atoms with Crippen LogP contribution in [0.4, 0.5) is 30.5 Å². The van der Waals surface area contributed by atoms with E-state index < -0.39 is 18.1 Å². The SMILES string of the molecule is Cc1ccccc1C(=O)Nc1ccc(N2CCCN(c3ncccn3)CC2)cc1C(=O)O.O=C(O)C(F)(F)F. The fourth-order valence-electron chi connectivity index (χ4n) is 3.86. The van der Waals surface area contributed by atoms with Crippen LogP contribution in [0.3, 0.4) is 0 Å². The molecule has 0 unspecified atom stereocenters. The smallest absolute Gasteiger partial charge is 0.478 e. The molecule has 1 aliphatic rings. The fourth-order valence-corrected chi connectivity index (χ4v) is 3.86. The Hall–Kier alpha value is -4.68. The zero-order chi connectivity index (χ0) is 28.6. The Morgan fingerprint density at radius 3 is 2.10 bits per heavy atom. The van der Waals surface area contributed by atoms with Gasteiger partial charge in [-0.15, -0.1) is 0 Å². The number of hydrogen-bond donors (Lipinski definition) is 3. The van der Waals surface area contributed by atoms with Crippen molar-refractivity contribution in [2.75, 3.05) is 41.3 Å². The first-order valence-corrected chi connectivity index (χ1v) is 11.8. The van der Waals surface area contributed by atoms with Gasteiger partial charge in [0.1, 0.15) is 0 Å². The normalized spacial score (nSPS) is 13.5. The Balaban J connectivity index is 0.000000532. The molecule has 4 rings (SSSR count). The number of aliphatic carboxylic acids is 1. The summed E-state index contributed by atoms with van der Waals surface area (Å²) in [5, 5.41) is 19.7. The summed E-state index contributed by atoms with van der Waals surface area (Å²) < 4.78 is 31.7. The molecule has 2 heterocycles. The van der Waals surface area contributed by atoms with Gasteiger partial charge in [0.2, 0.25) is 5.95 Å². The van der Waals surface area contributed by atoms with Gasteiger partial charge in [-0.25, -0.2) is 19.6 Å². The second-order valence-electron chi connectivity index (χ2n) is 8.48. The summed E-state index contributed by atoms with van der Waals surface area (Å²) in [6.07, 6.45) is -0.728. The van der Waals surface area contributed by atoms with Crippen molar-refractivity contribution >= 4 is 35.2 Å². The monoisotopic (exact) mass is 545 g/mol.